The fourth-order valence-electron chi connectivity index (χ4n) is 2.58. The molecule has 1 heterocycles. The van der Waals surface area contributed by atoms with Crippen molar-refractivity contribution in [2.45, 2.75) is 6.92 Å². The monoisotopic (exact) mass is 366 g/mol. The Morgan fingerprint density at radius 1 is 1.00 bits per heavy atom. The standard InChI is InChI=1S/C19H18N4O4/c1-3-27-13-10-8-12(9-11-13)17(24)20-21-18(25)16-14-6-4-5-7-15(14)19(26)23(2)22-16/h4-11H,3H2,1-2H3,(H,20,24)(H,21,25). The number of hydrogen-bond acceptors (Lipinski definition) is 5. The van der Waals surface area contributed by atoms with Crippen LogP contribution in [0.15, 0.2) is 53.3 Å². The predicted molar refractivity (Wildman–Crippen MR) is 99.5 cm³/mol. The Balaban J connectivity index is 1.76. The maximum absolute atomic E-state index is 12.5. The molecule has 0 saturated heterocycles. The molecule has 3 aromatic rings. The van der Waals surface area contributed by atoms with Crippen molar-refractivity contribution in [2.24, 2.45) is 7.05 Å². The molecule has 0 bridgehead atoms. The Kier molecular flexibility index (Phi) is 5.16. The Hall–Kier alpha value is -3.68. The number of nitrogens with one attached hydrogen (secondary N) is 2. The van der Waals surface area contributed by atoms with Crippen LogP contribution in [0.5, 0.6) is 5.75 Å². The summed E-state index contributed by atoms with van der Waals surface area (Å²) in [6.07, 6.45) is 0. The number of nitrogens with zero attached hydrogens (tertiary/aromatic N) is 2. The number of fused-ring (bicyclic) bond motifs is 1. The topological polar surface area (TPSA) is 102 Å². The number of benzene rings is 2. The van der Waals surface area contributed by atoms with Gasteiger partial charge in [-0.25, -0.2) is 4.68 Å². The number of hydrogen-bond donors (Lipinski definition) is 2. The van der Waals surface area contributed by atoms with Crippen molar-refractivity contribution in [3.63, 3.8) is 0 Å². The third kappa shape index (κ3) is 3.79. The van der Waals surface area contributed by atoms with E-state index in [9.17, 15) is 14.4 Å². The van der Waals surface area contributed by atoms with Crippen LogP contribution in [0.3, 0.4) is 0 Å². The van der Waals surface area contributed by atoms with Gasteiger partial charge in [-0.15, -0.1) is 0 Å². The summed E-state index contributed by atoms with van der Waals surface area (Å²) in [5.74, 6) is -0.458. The smallest absolute Gasteiger partial charge is 0.290 e. The second-order valence-electron chi connectivity index (χ2n) is 5.69. The van der Waals surface area contributed by atoms with Crippen molar-refractivity contribution >= 4 is 22.6 Å². The lowest BCUT2D eigenvalue weighted by Gasteiger charge is -2.10. The van der Waals surface area contributed by atoms with Gasteiger partial charge in [-0.1, -0.05) is 18.2 Å². The predicted octanol–water partition coefficient (Wildman–Crippen LogP) is 1.41. The zero-order valence-electron chi connectivity index (χ0n) is 14.9. The average Bonchev–Trinajstić information content (AvgIpc) is 2.69. The van der Waals surface area contributed by atoms with Gasteiger partial charge in [-0.2, -0.15) is 5.10 Å². The van der Waals surface area contributed by atoms with Crippen LogP contribution in [-0.2, 0) is 7.05 Å². The van der Waals surface area contributed by atoms with Crippen molar-refractivity contribution in [1.82, 2.24) is 20.6 Å². The Bertz CT molecular complexity index is 1060. The molecule has 138 valence electrons. The SMILES string of the molecule is CCOc1ccc(C(=O)NNC(=O)c2nn(C)c(=O)c3ccccc23)cc1. The summed E-state index contributed by atoms with van der Waals surface area (Å²) in [6.45, 7) is 2.40. The third-order valence-corrected chi connectivity index (χ3v) is 3.89. The summed E-state index contributed by atoms with van der Waals surface area (Å²) in [4.78, 5) is 36.8. The number of carbonyl (C=O) groups is 2. The molecule has 2 amide bonds. The first kappa shape index (κ1) is 18.1. The third-order valence-electron chi connectivity index (χ3n) is 3.89. The van der Waals surface area contributed by atoms with Gasteiger partial charge >= 0.3 is 0 Å². The molecule has 1 aromatic heterocycles. The maximum Gasteiger partial charge on any atom is 0.290 e. The number of rotatable bonds is 4. The molecule has 2 aromatic carbocycles. The molecular weight excluding hydrogens is 348 g/mol. The van der Waals surface area contributed by atoms with Crippen LogP contribution in [0.1, 0.15) is 27.8 Å². The molecule has 27 heavy (non-hydrogen) atoms. The van der Waals surface area contributed by atoms with Crippen molar-refractivity contribution < 1.29 is 14.3 Å². The summed E-state index contributed by atoms with van der Waals surface area (Å²) in [5, 5.41) is 4.79. The minimum atomic E-state index is -0.624. The minimum absolute atomic E-state index is 0.0414. The van der Waals surface area contributed by atoms with Gasteiger partial charge in [0.25, 0.3) is 17.4 Å². The van der Waals surface area contributed by atoms with E-state index in [1.165, 1.54) is 7.05 Å². The maximum atomic E-state index is 12.5. The van der Waals surface area contributed by atoms with Gasteiger partial charge in [0.1, 0.15) is 5.75 Å². The molecule has 0 aliphatic heterocycles. The summed E-state index contributed by atoms with van der Waals surface area (Å²) >= 11 is 0. The Labute approximate surface area is 154 Å². The fourth-order valence-corrected chi connectivity index (χ4v) is 2.58. The molecule has 0 aliphatic carbocycles. The quantitative estimate of drug-likeness (QED) is 0.680. The van der Waals surface area contributed by atoms with E-state index in [4.69, 9.17) is 4.74 Å². The molecule has 0 atom stereocenters. The normalized spacial score (nSPS) is 10.4. The second kappa shape index (κ2) is 7.69. The fraction of sp³-hybridized carbons (Fsp3) is 0.158. The molecule has 0 saturated carbocycles. The first-order valence-electron chi connectivity index (χ1n) is 8.31. The lowest BCUT2D eigenvalue weighted by Crippen LogP contribution is -2.42. The van der Waals surface area contributed by atoms with Crippen LogP contribution in [0, 0.1) is 0 Å². The first-order valence-corrected chi connectivity index (χ1v) is 8.31. The molecule has 0 fully saturated rings. The molecule has 2 N–H and O–H groups in total. The van der Waals surface area contributed by atoms with E-state index in [0.29, 0.717) is 28.7 Å². The number of ether oxygens (including phenoxy) is 1. The van der Waals surface area contributed by atoms with Crippen LogP contribution in [0.2, 0.25) is 0 Å². The number of aryl methyl sites for hydroxylation is 1. The number of amides is 2. The van der Waals surface area contributed by atoms with E-state index in [2.05, 4.69) is 16.0 Å². The molecule has 0 unspecified atom stereocenters. The summed E-state index contributed by atoms with van der Waals surface area (Å²) in [6, 6.07) is 13.2. The van der Waals surface area contributed by atoms with Crippen LogP contribution in [0.4, 0.5) is 0 Å². The van der Waals surface area contributed by atoms with Gasteiger partial charge in [0, 0.05) is 18.0 Å². The molecule has 0 radical (unpaired) electrons. The highest BCUT2D eigenvalue weighted by Crippen LogP contribution is 2.13. The van der Waals surface area contributed by atoms with Crippen molar-refractivity contribution in [3.05, 3.63) is 70.1 Å². The summed E-state index contributed by atoms with van der Waals surface area (Å²) < 4.78 is 6.41. The second-order valence-corrected chi connectivity index (χ2v) is 5.69. The lowest BCUT2D eigenvalue weighted by molar-refractivity contribution is 0.0844. The molecule has 8 nitrogen and oxygen atoms in total. The largest absolute Gasteiger partial charge is 0.494 e. The lowest BCUT2D eigenvalue weighted by atomic mass is 10.1. The van der Waals surface area contributed by atoms with Gasteiger partial charge in [-0.3, -0.25) is 25.2 Å². The highest BCUT2D eigenvalue weighted by molar-refractivity contribution is 6.06. The van der Waals surface area contributed by atoms with Gasteiger partial charge in [0.15, 0.2) is 5.69 Å². The molecule has 0 aliphatic rings. The zero-order chi connectivity index (χ0) is 19.4. The van der Waals surface area contributed by atoms with Gasteiger partial charge in [0.2, 0.25) is 0 Å². The van der Waals surface area contributed by atoms with E-state index < -0.39 is 11.8 Å². The average molecular weight is 366 g/mol. The molecule has 3 rings (SSSR count). The minimum Gasteiger partial charge on any atom is -0.494 e. The van der Waals surface area contributed by atoms with Gasteiger partial charge in [-0.05, 0) is 37.3 Å². The highest BCUT2D eigenvalue weighted by atomic mass is 16.5. The van der Waals surface area contributed by atoms with Crippen molar-refractivity contribution in [3.8, 4) is 5.75 Å². The Morgan fingerprint density at radius 3 is 2.30 bits per heavy atom. The van der Waals surface area contributed by atoms with Gasteiger partial charge < -0.3 is 4.74 Å². The molecular formula is C19H18N4O4. The summed E-state index contributed by atoms with van der Waals surface area (Å²) in [5.41, 5.74) is 4.76. The van der Waals surface area contributed by atoms with Gasteiger partial charge in [0.05, 0.1) is 12.0 Å². The molecule has 8 heteroatoms. The van der Waals surface area contributed by atoms with Crippen LogP contribution >= 0.6 is 0 Å². The highest BCUT2D eigenvalue weighted by Gasteiger charge is 2.16. The van der Waals surface area contributed by atoms with Crippen LogP contribution in [0.25, 0.3) is 10.8 Å². The molecule has 0 spiro atoms. The van der Waals surface area contributed by atoms with Crippen LogP contribution < -0.4 is 21.1 Å². The number of aromatic nitrogens is 2. The number of hydrazine groups is 1. The van der Waals surface area contributed by atoms with E-state index in [0.717, 1.165) is 4.68 Å². The Morgan fingerprint density at radius 2 is 1.63 bits per heavy atom. The van der Waals surface area contributed by atoms with E-state index in [-0.39, 0.29) is 11.3 Å². The van der Waals surface area contributed by atoms with E-state index in [1.807, 2.05) is 6.92 Å². The zero-order valence-corrected chi connectivity index (χ0v) is 14.9. The summed E-state index contributed by atoms with van der Waals surface area (Å²) in [7, 11) is 1.46. The first-order chi connectivity index (χ1) is 13.0. The van der Waals surface area contributed by atoms with Crippen molar-refractivity contribution in [2.75, 3.05) is 6.61 Å². The van der Waals surface area contributed by atoms with E-state index >= 15 is 0 Å². The van der Waals surface area contributed by atoms with Crippen molar-refractivity contribution in [1.29, 1.82) is 0 Å². The van der Waals surface area contributed by atoms with E-state index in [1.54, 1.807) is 48.5 Å². The number of carbonyl (C=O) groups excluding carboxylic acids is 2. The van der Waals surface area contributed by atoms with Crippen LogP contribution in [-0.4, -0.2) is 28.2 Å².